The Morgan fingerprint density at radius 3 is 2.29 bits per heavy atom. The van der Waals surface area contributed by atoms with Gasteiger partial charge in [0.05, 0.1) is 17.6 Å². The number of nitrogens with zero attached hydrogens (tertiary/aromatic N) is 2. The average Bonchev–Trinajstić information content (AvgIpc) is 3.02. The summed E-state index contributed by atoms with van der Waals surface area (Å²) in [6, 6.07) is 1.01. The van der Waals surface area contributed by atoms with E-state index in [4.69, 9.17) is 9.47 Å². The van der Waals surface area contributed by atoms with Crippen LogP contribution in [0, 0.1) is 29.4 Å². The van der Waals surface area contributed by atoms with Crippen LogP contribution in [0.2, 0.25) is 0 Å². The van der Waals surface area contributed by atoms with Gasteiger partial charge in [0.25, 0.3) is 5.91 Å². The number of nitrogens with one attached hydrogen (secondary N) is 1. The lowest BCUT2D eigenvalue weighted by molar-refractivity contribution is -0.157. The zero-order valence-corrected chi connectivity index (χ0v) is 18.8. The maximum atomic E-state index is 15.0. The molecular weight excluding hydrogens is 462 g/mol. The quantitative estimate of drug-likeness (QED) is 0.491. The van der Waals surface area contributed by atoms with Gasteiger partial charge in [-0.1, -0.05) is 0 Å². The maximum absolute atomic E-state index is 15.0. The first-order valence-corrected chi connectivity index (χ1v) is 10.9. The van der Waals surface area contributed by atoms with Crippen LogP contribution in [0.4, 0.5) is 33.7 Å². The molecule has 1 N–H and O–H groups in total. The number of fused-ring (bicyclic) bond motifs is 1. The fraction of sp³-hybridized carbons (Fsp3) is 0.591. The van der Waals surface area contributed by atoms with Crippen molar-refractivity contribution in [3.63, 3.8) is 0 Å². The largest absolute Gasteiger partial charge is 0.460 e. The van der Waals surface area contributed by atoms with Crippen LogP contribution in [0.1, 0.15) is 20.8 Å². The number of carbonyl (C=O) groups is 3. The van der Waals surface area contributed by atoms with Gasteiger partial charge in [0, 0.05) is 31.8 Å². The highest BCUT2D eigenvalue weighted by Crippen LogP contribution is 2.54. The monoisotopic (exact) mass is 487 g/mol. The standard InChI is InChI=1S/C22H25F4N3O5/c1-22(2,3)34-20(31)16-12-7-28(8-13(12)16)17-14(23)4-10(5-15(17)24)29-11(9-33-21(29)32)6-27-19(30)18(25)26/h4-5,11-13,16,18H,6-9H2,1-3H3,(H,27,30)/t11-,12-,13+,16?/m0/s1. The summed E-state index contributed by atoms with van der Waals surface area (Å²) in [4.78, 5) is 38.0. The number of amides is 2. The third-order valence-corrected chi connectivity index (χ3v) is 6.14. The number of alkyl halides is 2. The van der Waals surface area contributed by atoms with Gasteiger partial charge in [0.1, 0.15) is 17.9 Å². The Labute approximate surface area is 193 Å². The highest BCUT2D eigenvalue weighted by atomic mass is 19.3. The Hall–Kier alpha value is -3.05. The summed E-state index contributed by atoms with van der Waals surface area (Å²) >= 11 is 0. The lowest BCUT2D eigenvalue weighted by atomic mass is 10.1. The van der Waals surface area contributed by atoms with Crippen LogP contribution in [0.15, 0.2) is 12.1 Å². The molecule has 1 saturated carbocycles. The van der Waals surface area contributed by atoms with Gasteiger partial charge < -0.3 is 19.7 Å². The van der Waals surface area contributed by atoms with Gasteiger partial charge in [-0.05, 0) is 32.6 Å². The first-order chi connectivity index (χ1) is 15.9. The van der Waals surface area contributed by atoms with Crippen molar-refractivity contribution in [2.24, 2.45) is 17.8 Å². The lowest BCUT2D eigenvalue weighted by Crippen LogP contribution is -2.44. The minimum absolute atomic E-state index is 0.0512. The molecule has 0 bridgehead atoms. The topological polar surface area (TPSA) is 88.2 Å². The van der Waals surface area contributed by atoms with E-state index in [0.717, 1.165) is 17.0 Å². The number of ether oxygens (including phenoxy) is 2. The van der Waals surface area contributed by atoms with Crippen LogP contribution in [0.3, 0.4) is 0 Å². The molecule has 1 aliphatic carbocycles. The molecular formula is C22H25F4N3O5. The van der Waals surface area contributed by atoms with Crippen LogP contribution >= 0.6 is 0 Å². The second kappa shape index (κ2) is 8.62. The molecule has 34 heavy (non-hydrogen) atoms. The summed E-state index contributed by atoms with van der Waals surface area (Å²) in [6.07, 6.45) is -4.15. The van der Waals surface area contributed by atoms with E-state index >= 15 is 0 Å². The molecule has 4 rings (SSSR count). The van der Waals surface area contributed by atoms with E-state index in [1.807, 2.05) is 5.32 Å². The van der Waals surface area contributed by atoms with Gasteiger partial charge in [0.2, 0.25) is 0 Å². The lowest BCUT2D eigenvalue weighted by Gasteiger charge is -2.26. The van der Waals surface area contributed by atoms with Gasteiger partial charge in [-0.15, -0.1) is 0 Å². The molecule has 2 saturated heterocycles. The second-order valence-electron chi connectivity index (χ2n) is 9.70. The fourth-order valence-corrected chi connectivity index (χ4v) is 4.64. The average molecular weight is 487 g/mol. The molecule has 186 valence electrons. The minimum Gasteiger partial charge on any atom is -0.460 e. The van der Waals surface area contributed by atoms with Crippen molar-refractivity contribution >= 4 is 29.3 Å². The number of benzene rings is 1. The van der Waals surface area contributed by atoms with E-state index in [1.165, 1.54) is 4.90 Å². The molecule has 1 aromatic carbocycles. The van der Waals surface area contributed by atoms with Gasteiger partial charge in [0.15, 0.2) is 11.6 Å². The van der Waals surface area contributed by atoms with Crippen LogP contribution < -0.4 is 15.1 Å². The minimum atomic E-state index is -3.23. The SMILES string of the molecule is CC(C)(C)OC(=O)C1[C@H]2CN(c3c(F)cc(N4C(=O)OC[C@@H]4CNC(=O)C(F)F)cc3F)C[C@@H]12. The zero-order chi connectivity index (χ0) is 24.9. The number of hydrogen-bond donors (Lipinski definition) is 1. The number of halogens is 4. The van der Waals surface area contributed by atoms with Crippen molar-refractivity contribution in [3.8, 4) is 0 Å². The Balaban J connectivity index is 1.44. The Morgan fingerprint density at radius 1 is 1.18 bits per heavy atom. The summed E-state index contributed by atoms with van der Waals surface area (Å²) in [7, 11) is 0. The van der Waals surface area contributed by atoms with Gasteiger partial charge in [-0.2, -0.15) is 8.78 Å². The molecule has 2 heterocycles. The van der Waals surface area contributed by atoms with E-state index in [-0.39, 0.29) is 61.3 Å². The van der Waals surface area contributed by atoms with Gasteiger partial charge in [-0.3, -0.25) is 14.5 Å². The summed E-state index contributed by atoms with van der Waals surface area (Å²) in [5.41, 5.74) is -1.04. The van der Waals surface area contributed by atoms with E-state index in [0.29, 0.717) is 0 Å². The van der Waals surface area contributed by atoms with E-state index in [2.05, 4.69) is 0 Å². The predicted molar refractivity (Wildman–Crippen MR) is 112 cm³/mol. The molecule has 12 heteroatoms. The summed E-state index contributed by atoms with van der Waals surface area (Å²) in [5, 5.41) is 1.97. The van der Waals surface area contributed by atoms with E-state index < -0.39 is 41.7 Å². The molecule has 2 amide bonds. The number of carbonyl (C=O) groups excluding carboxylic acids is 3. The molecule has 1 unspecified atom stereocenters. The summed E-state index contributed by atoms with van der Waals surface area (Å²) in [6.45, 7) is 5.28. The highest BCUT2D eigenvalue weighted by molar-refractivity contribution is 5.91. The number of esters is 1. The Kier molecular flexibility index (Phi) is 6.11. The summed E-state index contributed by atoms with van der Waals surface area (Å²) in [5.74, 6) is -4.06. The van der Waals surface area contributed by atoms with Crippen molar-refractivity contribution in [2.45, 2.75) is 38.8 Å². The fourth-order valence-electron chi connectivity index (χ4n) is 4.64. The molecule has 4 atom stereocenters. The van der Waals surface area contributed by atoms with Crippen LogP contribution in [0.25, 0.3) is 0 Å². The molecule has 3 fully saturated rings. The highest BCUT2D eigenvalue weighted by Gasteiger charge is 2.61. The van der Waals surface area contributed by atoms with Crippen LogP contribution in [-0.4, -0.2) is 62.3 Å². The third kappa shape index (κ3) is 4.62. The van der Waals surface area contributed by atoms with Crippen LogP contribution in [-0.2, 0) is 19.1 Å². The first-order valence-electron chi connectivity index (χ1n) is 10.9. The molecule has 0 spiro atoms. The van der Waals surface area contributed by atoms with E-state index in [1.54, 1.807) is 20.8 Å². The smallest absolute Gasteiger partial charge is 0.414 e. The van der Waals surface area contributed by atoms with Crippen molar-refractivity contribution in [1.29, 1.82) is 0 Å². The van der Waals surface area contributed by atoms with Crippen LogP contribution in [0.5, 0.6) is 0 Å². The number of anilines is 2. The normalized spacial score (nSPS) is 25.9. The molecule has 2 aliphatic heterocycles. The van der Waals surface area contributed by atoms with Crippen molar-refractivity contribution in [3.05, 3.63) is 23.8 Å². The molecule has 1 aromatic rings. The maximum Gasteiger partial charge on any atom is 0.414 e. The number of piperidine rings is 1. The first kappa shape index (κ1) is 24.1. The van der Waals surface area contributed by atoms with Gasteiger partial charge in [-0.25, -0.2) is 13.6 Å². The molecule has 0 radical (unpaired) electrons. The number of hydrogen-bond acceptors (Lipinski definition) is 6. The Morgan fingerprint density at radius 2 is 1.76 bits per heavy atom. The van der Waals surface area contributed by atoms with E-state index in [9.17, 15) is 31.9 Å². The number of rotatable bonds is 6. The molecule has 3 aliphatic rings. The predicted octanol–water partition coefficient (Wildman–Crippen LogP) is 2.70. The van der Waals surface area contributed by atoms with Crippen molar-refractivity contribution < 1.29 is 41.4 Å². The third-order valence-electron chi connectivity index (χ3n) is 6.14. The van der Waals surface area contributed by atoms with Gasteiger partial charge >= 0.3 is 18.5 Å². The second-order valence-corrected chi connectivity index (χ2v) is 9.70. The summed E-state index contributed by atoms with van der Waals surface area (Å²) < 4.78 is 65.1. The zero-order valence-electron chi connectivity index (χ0n) is 18.8. The van der Waals surface area contributed by atoms with Crippen molar-refractivity contribution in [1.82, 2.24) is 5.32 Å². The van der Waals surface area contributed by atoms with Crippen molar-refractivity contribution in [2.75, 3.05) is 36.0 Å². The molecule has 0 aromatic heterocycles. The molecule has 8 nitrogen and oxygen atoms in total. The Bertz CT molecular complexity index is 980. The number of cyclic esters (lactones) is 1.